The molecule has 0 saturated heterocycles. The molecule has 2 rings (SSSR count). The second kappa shape index (κ2) is 11.1. The van der Waals surface area contributed by atoms with Crippen LogP contribution in [0.1, 0.15) is 24.8 Å². The lowest BCUT2D eigenvalue weighted by molar-refractivity contribution is -0.127. The summed E-state index contributed by atoms with van der Waals surface area (Å²) >= 11 is 0. The molecule has 2 atom stereocenters. The number of nitrogens with one attached hydrogen (secondary N) is 2. The molecule has 2 aromatic carbocycles. The highest BCUT2D eigenvalue weighted by Gasteiger charge is 2.23. The van der Waals surface area contributed by atoms with E-state index in [9.17, 15) is 9.59 Å². The highest BCUT2D eigenvalue weighted by Crippen LogP contribution is 2.09. The lowest BCUT2D eigenvalue weighted by Gasteiger charge is -2.20. The smallest absolute Gasteiger partial charge is 0.246 e. The molecule has 144 valence electrons. The third kappa shape index (κ3) is 7.21. The predicted octanol–water partition coefficient (Wildman–Crippen LogP) is 1.81. The summed E-state index contributed by atoms with van der Waals surface area (Å²) in [4.78, 5) is 25.0. The molecule has 0 fully saturated rings. The monoisotopic (exact) mass is 368 g/mol. The van der Waals surface area contributed by atoms with Crippen LogP contribution in [0.4, 0.5) is 5.69 Å². The zero-order valence-electron chi connectivity index (χ0n) is 15.4. The van der Waals surface area contributed by atoms with Crippen LogP contribution in [0.5, 0.6) is 0 Å². The van der Waals surface area contributed by atoms with Crippen molar-refractivity contribution in [1.82, 2.24) is 5.32 Å². The number of hydrogen-bond acceptors (Lipinski definition) is 4. The zero-order valence-corrected chi connectivity index (χ0v) is 15.4. The van der Waals surface area contributed by atoms with Crippen LogP contribution < -0.4 is 22.1 Å². The summed E-state index contributed by atoms with van der Waals surface area (Å²) in [6.07, 6.45) is 2.32. The Bertz CT molecular complexity index is 707. The van der Waals surface area contributed by atoms with Gasteiger partial charge in [0.1, 0.15) is 6.04 Å². The lowest BCUT2D eigenvalue weighted by Crippen LogP contribution is -2.50. The molecule has 0 aliphatic rings. The van der Waals surface area contributed by atoms with Crippen LogP contribution in [0.25, 0.3) is 0 Å². The molecule has 0 bridgehead atoms. The van der Waals surface area contributed by atoms with E-state index in [1.807, 2.05) is 48.5 Å². The van der Waals surface area contributed by atoms with Gasteiger partial charge in [-0.15, -0.1) is 0 Å². The summed E-state index contributed by atoms with van der Waals surface area (Å²) in [5, 5.41) is 5.59. The van der Waals surface area contributed by atoms with Gasteiger partial charge in [0.2, 0.25) is 11.8 Å². The molecule has 27 heavy (non-hydrogen) atoms. The highest BCUT2D eigenvalue weighted by molar-refractivity contribution is 5.97. The topological polar surface area (TPSA) is 110 Å². The molecule has 6 N–H and O–H groups in total. The number of hydrogen-bond donors (Lipinski definition) is 4. The van der Waals surface area contributed by atoms with Gasteiger partial charge in [-0.2, -0.15) is 0 Å². The van der Waals surface area contributed by atoms with E-state index in [-0.39, 0.29) is 11.8 Å². The molecule has 0 spiro atoms. The minimum absolute atomic E-state index is 0.266. The average molecular weight is 368 g/mol. The van der Waals surface area contributed by atoms with Crippen molar-refractivity contribution < 1.29 is 9.59 Å². The second-order valence-electron chi connectivity index (χ2n) is 6.48. The maximum Gasteiger partial charge on any atom is 0.246 e. The summed E-state index contributed by atoms with van der Waals surface area (Å²) in [5.74, 6) is -0.588. The van der Waals surface area contributed by atoms with Crippen molar-refractivity contribution in [2.75, 3.05) is 11.9 Å². The molecule has 0 radical (unpaired) electrons. The Hall–Kier alpha value is -2.70. The third-order valence-electron chi connectivity index (χ3n) is 4.29. The molecule has 0 aliphatic carbocycles. The molecule has 6 nitrogen and oxygen atoms in total. The maximum atomic E-state index is 12.5. The number of nitrogens with two attached hydrogens (primary N) is 2. The van der Waals surface area contributed by atoms with E-state index >= 15 is 0 Å². The number of carbonyl (C=O) groups is 2. The molecule has 0 unspecified atom stereocenters. The van der Waals surface area contributed by atoms with Gasteiger partial charge >= 0.3 is 0 Å². The summed E-state index contributed by atoms with van der Waals surface area (Å²) < 4.78 is 0. The number of carbonyl (C=O) groups excluding carboxylic acids is 2. The van der Waals surface area contributed by atoms with Gasteiger partial charge in [0.25, 0.3) is 0 Å². The fourth-order valence-electron chi connectivity index (χ4n) is 2.72. The summed E-state index contributed by atoms with van der Waals surface area (Å²) in [6, 6.07) is 17.7. The van der Waals surface area contributed by atoms with Crippen molar-refractivity contribution in [1.29, 1.82) is 0 Å². The molecule has 2 aromatic rings. The van der Waals surface area contributed by atoms with Crippen LogP contribution >= 0.6 is 0 Å². The zero-order chi connectivity index (χ0) is 19.5. The van der Waals surface area contributed by atoms with Gasteiger partial charge < -0.3 is 22.1 Å². The molecular weight excluding hydrogens is 340 g/mol. The standard InChI is InChI=1S/C21H28N4O2/c22-15-7-12-19(21(27)24-17-10-5-2-6-11-17)25-20(26)18(23)14-13-16-8-3-1-4-9-16/h1-6,8-11,18-19H,7,12-15,22-23H2,(H,24,27)(H,25,26)/t18-,19-/m0/s1. The van der Waals surface area contributed by atoms with E-state index in [1.165, 1.54) is 0 Å². The summed E-state index contributed by atoms with van der Waals surface area (Å²) in [5.41, 5.74) is 13.4. The van der Waals surface area contributed by atoms with Crippen LogP contribution in [0.15, 0.2) is 60.7 Å². The van der Waals surface area contributed by atoms with Gasteiger partial charge in [-0.05, 0) is 49.9 Å². The SMILES string of the molecule is NCCC[C@H](NC(=O)[C@@H](N)CCc1ccccc1)C(=O)Nc1ccccc1. The van der Waals surface area contributed by atoms with Crippen LogP contribution in [-0.4, -0.2) is 30.4 Å². The first-order chi connectivity index (χ1) is 13.1. The molecule has 0 saturated carbocycles. The van der Waals surface area contributed by atoms with E-state index in [2.05, 4.69) is 10.6 Å². The summed E-state index contributed by atoms with van der Waals surface area (Å²) in [7, 11) is 0. The number of amides is 2. The average Bonchev–Trinajstić information content (AvgIpc) is 2.70. The first kappa shape index (κ1) is 20.6. The maximum absolute atomic E-state index is 12.5. The lowest BCUT2D eigenvalue weighted by atomic mass is 10.0. The molecule has 0 aromatic heterocycles. The quantitative estimate of drug-likeness (QED) is 0.512. The van der Waals surface area contributed by atoms with E-state index in [4.69, 9.17) is 11.5 Å². The highest BCUT2D eigenvalue weighted by atomic mass is 16.2. The van der Waals surface area contributed by atoms with E-state index in [0.29, 0.717) is 37.9 Å². The largest absolute Gasteiger partial charge is 0.343 e. The van der Waals surface area contributed by atoms with Crippen LogP contribution in [0.2, 0.25) is 0 Å². The van der Waals surface area contributed by atoms with E-state index in [1.54, 1.807) is 12.1 Å². The van der Waals surface area contributed by atoms with Crippen molar-refractivity contribution in [3.63, 3.8) is 0 Å². The fourth-order valence-corrected chi connectivity index (χ4v) is 2.72. The van der Waals surface area contributed by atoms with Gasteiger partial charge in [-0.1, -0.05) is 48.5 Å². The van der Waals surface area contributed by atoms with Crippen molar-refractivity contribution in [3.8, 4) is 0 Å². The number of para-hydroxylation sites is 1. The molecule has 0 heterocycles. The number of rotatable bonds is 10. The Morgan fingerprint density at radius 1 is 0.889 bits per heavy atom. The molecular formula is C21H28N4O2. The van der Waals surface area contributed by atoms with Gasteiger partial charge in [0, 0.05) is 5.69 Å². The Labute approximate surface area is 160 Å². The predicted molar refractivity (Wildman–Crippen MR) is 108 cm³/mol. The Kier molecular flexibility index (Phi) is 8.48. The van der Waals surface area contributed by atoms with Crippen LogP contribution in [0, 0.1) is 0 Å². The van der Waals surface area contributed by atoms with Crippen molar-refractivity contribution in [2.45, 2.75) is 37.8 Å². The molecule has 0 aliphatic heterocycles. The minimum atomic E-state index is -0.671. The van der Waals surface area contributed by atoms with Crippen molar-refractivity contribution in [3.05, 3.63) is 66.2 Å². The van der Waals surface area contributed by atoms with Gasteiger partial charge in [-0.3, -0.25) is 9.59 Å². The van der Waals surface area contributed by atoms with Crippen LogP contribution in [-0.2, 0) is 16.0 Å². The minimum Gasteiger partial charge on any atom is -0.343 e. The van der Waals surface area contributed by atoms with Gasteiger partial charge in [0.15, 0.2) is 0 Å². The summed E-state index contributed by atoms with van der Waals surface area (Å²) in [6.45, 7) is 0.449. The second-order valence-corrected chi connectivity index (χ2v) is 6.48. The third-order valence-corrected chi connectivity index (χ3v) is 4.29. The Morgan fingerprint density at radius 2 is 1.52 bits per heavy atom. The van der Waals surface area contributed by atoms with E-state index in [0.717, 1.165) is 5.56 Å². The number of aryl methyl sites for hydroxylation is 1. The van der Waals surface area contributed by atoms with E-state index < -0.39 is 12.1 Å². The Balaban J connectivity index is 1.90. The fraction of sp³-hybridized carbons (Fsp3) is 0.333. The first-order valence-corrected chi connectivity index (χ1v) is 9.26. The number of anilines is 1. The molecule has 2 amide bonds. The van der Waals surface area contributed by atoms with Gasteiger partial charge in [-0.25, -0.2) is 0 Å². The van der Waals surface area contributed by atoms with Crippen LogP contribution in [0.3, 0.4) is 0 Å². The van der Waals surface area contributed by atoms with Crippen molar-refractivity contribution in [2.24, 2.45) is 11.5 Å². The van der Waals surface area contributed by atoms with Crippen molar-refractivity contribution >= 4 is 17.5 Å². The van der Waals surface area contributed by atoms with Gasteiger partial charge in [0.05, 0.1) is 6.04 Å². The normalized spacial score (nSPS) is 12.8. The first-order valence-electron chi connectivity index (χ1n) is 9.26. The Morgan fingerprint density at radius 3 is 2.15 bits per heavy atom. The molecule has 6 heteroatoms. The number of benzene rings is 2.